The van der Waals surface area contributed by atoms with E-state index in [1.54, 1.807) is 6.20 Å². The Kier molecular flexibility index (Phi) is 8.14. The zero-order valence-corrected chi connectivity index (χ0v) is 20.6. The maximum atomic E-state index is 13.1. The molecule has 1 saturated heterocycles. The minimum atomic E-state index is -1.26. The number of aromatic nitrogens is 3. The van der Waals surface area contributed by atoms with Crippen LogP contribution in [-0.4, -0.2) is 69.6 Å². The zero-order chi connectivity index (χ0) is 26.4. The number of hydrogen-bond acceptors (Lipinski definition) is 8. The van der Waals surface area contributed by atoms with Crippen molar-refractivity contribution < 1.29 is 19.8 Å². The summed E-state index contributed by atoms with van der Waals surface area (Å²) in [6.07, 6.45) is 2.75. The Labute approximate surface area is 213 Å². The topological polar surface area (TPSA) is 150 Å². The number of pyridine rings is 1. The molecule has 0 saturated carbocycles. The van der Waals surface area contributed by atoms with E-state index in [9.17, 15) is 19.5 Å². The van der Waals surface area contributed by atoms with Crippen molar-refractivity contribution in [2.24, 2.45) is 0 Å². The highest BCUT2D eigenvalue weighted by Crippen LogP contribution is 2.25. The highest BCUT2D eigenvalue weighted by molar-refractivity contribution is 5.98. The quantitative estimate of drug-likeness (QED) is 0.336. The van der Waals surface area contributed by atoms with Crippen LogP contribution in [0.25, 0.3) is 11.1 Å². The summed E-state index contributed by atoms with van der Waals surface area (Å²) >= 11 is 0. The summed E-state index contributed by atoms with van der Waals surface area (Å²) in [5, 5.41) is 29.2. The highest BCUT2D eigenvalue weighted by atomic mass is 16.4. The molecule has 1 aliphatic heterocycles. The van der Waals surface area contributed by atoms with Gasteiger partial charge in [-0.05, 0) is 41.3 Å². The minimum absolute atomic E-state index is 0.0681. The van der Waals surface area contributed by atoms with E-state index >= 15 is 0 Å². The summed E-state index contributed by atoms with van der Waals surface area (Å²) in [6, 6.07) is 11.6. The molecule has 0 aliphatic carbocycles. The number of carbonyl (C=O) groups is 2. The monoisotopic (exact) mass is 506 g/mol. The first-order chi connectivity index (χ1) is 17.9. The standard InChI is InChI=1S/C26H30N6O5/c1-2-4-20-24(35)23(25(36)29-15-22(33)34)26(37)32(30-20)16-17-5-3-6-18(13-17)19-7-8-28-21(14-19)31-11-9-27-10-12-31/h3,5-8,13-14,27,35H,2,4,9-12,15-16H2,1H3,(H,29,36)(H,33,34). The largest absolute Gasteiger partial charge is 0.505 e. The summed E-state index contributed by atoms with van der Waals surface area (Å²) in [5.41, 5.74) is 1.60. The molecule has 1 aromatic carbocycles. The lowest BCUT2D eigenvalue weighted by molar-refractivity contribution is -0.135. The molecular weight excluding hydrogens is 476 g/mol. The first-order valence-corrected chi connectivity index (χ1v) is 12.2. The summed E-state index contributed by atoms with van der Waals surface area (Å²) in [4.78, 5) is 43.3. The number of carbonyl (C=O) groups excluding carboxylic acids is 1. The summed E-state index contributed by atoms with van der Waals surface area (Å²) in [7, 11) is 0. The summed E-state index contributed by atoms with van der Waals surface area (Å²) < 4.78 is 1.14. The molecule has 4 rings (SSSR count). The predicted molar refractivity (Wildman–Crippen MR) is 138 cm³/mol. The Morgan fingerprint density at radius 3 is 2.62 bits per heavy atom. The molecule has 1 aliphatic rings. The van der Waals surface area contributed by atoms with Gasteiger partial charge in [-0.3, -0.25) is 14.4 Å². The van der Waals surface area contributed by atoms with Crippen molar-refractivity contribution in [2.75, 3.05) is 37.6 Å². The summed E-state index contributed by atoms with van der Waals surface area (Å²) in [6.45, 7) is 4.86. The number of nitrogens with zero attached hydrogens (tertiary/aromatic N) is 4. The van der Waals surface area contributed by atoms with Crippen LogP contribution in [0.5, 0.6) is 5.75 Å². The number of hydrogen-bond donors (Lipinski definition) is 4. The Balaban J connectivity index is 1.65. The lowest BCUT2D eigenvalue weighted by Gasteiger charge is -2.28. The van der Waals surface area contributed by atoms with Gasteiger partial charge < -0.3 is 25.7 Å². The van der Waals surface area contributed by atoms with E-state index in [0.717, 1.165) is 53.4 Å². The molecule has 3 heterocycles. The molecule has 4 N–H and O–H groups in total. The van der Waals surface area contributed by atoms with Crippen LogP contribution in [0.1, 0.15) is 35.0 Å². The average molecular weight is 507 g/mol. The summed E-state index contributed by atoms with van der Waals surface area (Å²) in [5.74, 6) is -1.83. The van der Waals surface area contributed by atoms with Gasteiger partial charge in [0.05, 0.1) is 6.54 Å². The molecule has 11 heteroatoms. The van der Waals surface area contributed by atoms with E-state index in [2.05, 4.69) is 25.6 Å². The third-order valence-corrected chi connectivity index (χ3v) is 6.09. The van der Waals surface area contributed by atoms with Crippen molar-refractivity contribution in [3.05, 3.63) is 69.8 Å². The van der Waals surface area contributed by atoms with E-state index in [-0.39, 0.29) is 12.2 Å². The van der Waals surface area contributed by atoms with Crippen molar-refractivity contribution in [3.8, 4) is 16.9 Å². The van der Waals surface area contributed by atoms with Crippen molar-refractivity contribution in [1.29, 1.82) is 0 Å². The maximum absolute atomic E-state index is 13.1. The zero-order valence-electron chi connectivity index (χ0n) is 20.6. The van der Waals surface area contributed by atoms with Crippen LogP contribution in [0, 0.1) is 0 Å². The Morgan fingerprint density at radius 1 is 1.14 bits per heavy atom. The van der Waals surface area contributed by atoms with Gasteiger partial charge in [-0.15, -0.1) is 0 Å². The Bertz CT molecular complexity index is 1350. The molecule has 194 valence electrons. The molecule has 0 unspecified atom stereocenters. The number of carboxylic acid groups (broad SMARTS) is 1. The number of aryl methyl sites for hydroxylation is 1. The van der Waals surface area contributed by atoms with Gasteiger partial charge in [-0.2, -0.15) is 5.10 Å². The van der Waals surface area contributed by atoms with Crippen molar-refractivity contribution in [2.45, 2.75) is 26.3 Å². The fourth-order valence-electron chi connectivity index (χ4n) is 4.26. The Morgan fingerprint density at radius 2 is 1.89 bits per heavy atom. The average Bonchev–Trinajstić information content (AvgIpc) is 2.91. The number of piperazine rings is 1. The molecule has 11 nitrogen and oxygen atoms in total. The van der Waals surface area contributed by atoms with Crippen LogP contribution in [-0.2, 0) is 17.8 Å². The molecular formula is C26H30N6O5. The number of anilines is 1. The van der Waals surface area contributed by atoms with Gasteiger partial charge in [-0.1, -0.05) is 31.5 Å². The SMILES string of the molecule is CCCc1nn(Cc2cccc(-c3ccnc(N4CCNCC4)c3)c2)c(=O)c(C(=O)NCC(=O)O)c1O. The van der Waals surface area contributed by atoms with E-state index in [4.69, 9.17) is 5.11 Å². The van der Waals surface area contributed by atoms with Crippen LogP contribution in [0.4, 0.5) is 5.82 Å². The predicted octanol–water partition coefficient (Wildman–Crippen LogP) is 1.24. The lowest BCUT2D eigenvalue weighted by atomic mass is 10.0. The number of benzene rings is 1. The van der Waals surface area contributed by atoms with Gasteiger partial charge >= 0.3 is 5.97 Å². The normalized spacial score (nSPS) is 13.4. The smallest absolute Gasteiger partial charge is 0.322 e. The van der Waals surface area contributed by atoms with Gasteiger partial charge in [0.15, 0.2) is 5.75 Å². The second-order valence-electron chi connectivity index (χ2n) is 8.80. The number of rotatable bonds is 9. The number of aromatic hydroxyl groups is 1. The number of aliphatic carboxylic acids is 1. The van der Waals surface area contributed by atoms with Gasteiger partial charge in [0.1, 0.15) is 23.6 Å². The second-order valence-corrected chi connectivity index (χ2v) is 8.80. The van der Waals surface area contributed by atoms with E-state index in [1.807, 2.05) is 43.3 Å². The molecule has 37 heavy (non-hydrogen) atoms. The number of nitrogens with one attached hydrogen (secondary N) is 2. The minimum Gasteiger partial charge on any atom is -0.505 e. The third-order valence-electron chi connectivity index (χ3n) is 6.09. The molecule has 0 radical (unpaired) electrons. The Hall–Kier alpha value is -4.25. The molecule has 0 spiro atoms. The molecule has 0 bridgehead atoms. The number of amides is 1. The highest BCUT2D eigenvalue weighted by Gasteiger charge is 2.23. The van der Waals surface area contributed by atoms with Crippen LogP contribution >= 0.6 is 0 Å². The van der Waals surface area contributed by atoms with Crippen LogP contribution < -0.4 is 21.1 Å². The molecule has 2 aromatic heterocycles. The first-order valence-electron chi connectivity index (χ1n) is 12.2. The van der Waals surface area contributed by atoms with Crippen molar-refractivity contribution in [1.82, 2.24) is 25.4 Å². The number of carboxylic acids is 1. The van der Waals surface area contributed by atoms with E-state index < -0.39 is 35.3 Å². The van der Waals surface area contributed by atoms with E-state index in [1.165, 1.54) is 0 Å². The van der Waals surface area contributed by atoms with Crippen molar-refractivity contribution >= 4 is 17.7 Å². The van der Waals surface area contributed by atoms with Gasteiger partial charge in [0, 0.05) is 32.4 Å². The van der Waals surface area contributed by atoms with Crippen LogP contribution in [0.15, 0.2) is 47.4 Å². The molecule has 1 fully saturated rings. The first kappa shape index (κ1) is 25.8. The second kappa shape index (κ2) is 11.7. The lowest BCUT2D eigenvalue weighted by Crippen LogP contribution is -2.43. The van der Waals surface area contributed by atoms with E-state index in [0.29, 0.717) is 12.8 Å². The van der Waals surface area contributed by atoms with Gasteiger partial charge in [-0.25, -0.2) is 9.67 Å². The molecule has 1 amide bonds. The third kappa shape index (κ3) is 6.12. The fraction of sp³-hybridized carbons (Fsp3) is 0.346. The van der Waals surface area contributed by atoms with Gasteiger partial charge in [0.25, 0.3) is 11.5 Å². The maximum Gasteiger partial charge on any atom is 0.322 e. The van der Waals surface area contributed by atoms with Crippen molar-refractivity contribution in [3.63, 3.8) is 0 Å². The molecule has 0 atom stereocenters. The van der Waals surface area contributed by atoms with Crippen LogP contribution in [0.2, 0.25) is 0 Å². The van der Waals surface area contributed by atoms with Gasteiger partial charge in [0.2, 0.25) is 0 Å². The van der Waals surface area contributed by atoms with Crippen LogP contribution in [0.3, 0.4) is 0 Å². The fourth-order valence-corrected chi connectivity index (χ4v) is 4.26. The molecule has 3 aromatic rings.